The van der Waals surface area contributed by atoms with Crippen LogP contribution in [0.4, 0.5) is 22.1 Å². The van der Waals surface area contributed by atoms with Crippen LogP contribution in [-0.2, 0) is 0 Å². The monoisotopic (exact) mass is 368 g/mol. The molecule has 9 nitrogen and oxygen atoms in total. The first-order valence-electron chi connectivity index (χ1n) is 8.83. The molecule has 4 heterocycles. The van der Waals surface area contributed by atoms with Crippen molar-refractivity contribution in [1.29, 1.82) is 0 Å². The van der Waals surface area contributed by atoms with E-state index >= 15 is 0 Å². The van der Waals surface area contributed by atoms with E-state index < -0.39 is 0 Å². The third-order valence-electron chi connectivity index (χ3n) is 4.70. The van der Waals surface area contributed by atoms with E-state index in [2.05, 4.69) is 25.5 Å². The lowest BCUT2D eigenvalue weighted by Gasteiger charge is -2.35. The van der Waals surface area contributed by atoms with Gasteiger partial charge in [-0.05, 0) is 30.7 Å². The van der Waals surface area contributed by atoms with Crippen LogP contribution in [0.15, 0.2) is 36.5 Å². The number of urea groups is 1. The summed E-state index contributed by atoms with van der Waals surface area (Å²) in [5.74, 6) is 0.542. The Labute approximate surface area is 156 Å². The summed E-state index contributed by atoms with van der Waals surface area (Å²) in [5.41, 5.74) is 1.04. The first kappa shape index (κ1) is 17.2. The lowest BCUT2D eigenvalue weighted by molar-refractivity contribution is 0.0940. The topological polar surface area (TPSA) is 111 Å². The van der Waals surface area contributed by atoms with Crippen molar-refractivity contribution in [2.24, 2.45) is 0 Å². The van der Waals surface area contributed by atoms with Crippen LogP contribution >= 0.6 is 0 Å². The standard InChI is InChI=1S/C18H20N6O3/c25-10-8-20-17(26)13-4-5-14-16(21-13)24(12-6-9-23(14)11-12)18(27)22-15-3-1-2-7-19-15/h1-5,7,12,25H,6,8-11H2,(H,20,26)(H,19,22,27)/t12-/m0/s1. The Hall–Kier alpha value is -3.20. The summed E-state index contributed by atoms with van der Waals surface area (Å²) in [6.45, 7) is 1.57. The molecule has 3 N–H and O–H groups in total. The molecule has 1 fully saturated rings. The molecule has 27 heavy (non-hydrogen) atoms. The van der Waals surface area contributed by atoms with Crippen LogP contribution in [0.2, 0.25) is 0 Å². The van der Waals surface area contributed by atoms with Crippen LogP contribution in [0.5, 0.6) is 0 Å². The summed E-state index contributed by atoms with van der Waals surface area (Å²) in [4.78, 5) is 37.6. The van der Waals surface area contributed by atoms with Crippen molar-refractivity contribution >= 4 is 29.3 Å². The van der Waals surface area contributed by atoms with E-state index in [9.17, 15) is 9.59 Å². The van der Waals surface area contributed by atoms with E-state index in [0.29, 0.717) is 11.6 Å². The summed E-state index contributed by atoms with van der Waals surface area (Å²) >= 11 is 0. The lowest BCUT2D eigenvalue weighted by Crippen LogP contribution is -2.48. The van der Waals surface area contributed by atoms with Gasteiger partial charge in [-0.1, -0.05) is 6.07 Å². The van der Waals surface area contributed by atoms with Crippen LogP contribution in [0.3, 0.4) is 0 Å². The molecule has 2 bridgehead atoms. The Morgan fingerprint density at radius 1 is 1.26 bits per heavy atom. The number of pyridine rings is 2. The van der Waals surface area contributed by atoms with Crippen molar-refractivity contribution in [3.8, 4) is 0 Å². The van der Waals surface area contributed by atoms with Crippen molar-refractivity contribution in [3.05, 3.63) is 42.2 Å². The van der Waals surface area contributed by atoms with Gasteiger partial charge in [0.05, 0.1) is 18.3 Å². The van der Waals surface area contributed by atoms with E-state index in [1.165, 1.54) is 0 Å². The molecule has 0 spiro atoms. The smallest absolute Gasteiger partial charge is 0.329 e. The SMILES string of the molecule is O=C(NCCO)c1ccc2c(n1)N(C(=O)Nc1ccccn1)[C@H]1CCN2C1. The minimum atomic E-state index is -0.384. The lowest BCUT2D eigenvalue weighted by atomic mass is 10.1. The number of nitrogens with zero attached hydrogens (tertiary/aromatic N) is 4. The number of anilines is 3. The number of nitrogens with one attached hydrogen (secondary N) is 2. The minimum Gasteiger partial charge on any atom is -0.395 e. The van der Waals surface area contributed by atoms with Crippen molar-refractivity contribution in [2.75, 3.05) is 41.4 Å². The zero-order valence-corrected chi connectivity index (χ0v) is 14.6. The number of hydrogen-bond acceptors (Lipinski definition) is 6. The van der Waals surface area contributed by atoms with Crippen LogP contribution in [0.1, 0.15) is 16.9 Å². The van der Waals surface area contributed by atoms with Crippen LogP contribution in [-0.4, -0.2) is 59.3 Å². The number of carbonyl (C=O) groups is 2. The highest BCUT2D eigenvalue weighted by atomic mass is 16.3. The van der Waals surface area contributed by atoms with Gasteiger partial charge in [0.25, 0.3) is 5.91 Å². The molecule has 3 amide bonds. The molecule has 140 valence electrons. The maximum Gasteiger partial charge on any atom is 0.329 e. The maximum absolute atomic E-state index is 13.0. The quantitative estimate of drug-likeness (QED) is 0.737. The molecule has 4 rings (SSSR count). The molecule has 9 heteroatoms. The number of aliphatic hydroxyl groups is 1. The summed E-state index contributed by atoms with van der Waals surface area (Å²) < 4.78 is 0. The normalized spacial score (nSPS) is 17.4. The fourth-order valence-electron chi connectivity index (χ4n) is 3.46. The highest BCUT2D eigenvalue weighted by molar-refractivity contribution is 6.05. The minimum absolute atomic E-state index is 0.00975. The van der Waals surface area contributed by atoms with Gasteiger partial charge in [0.2, 0.25) is 0 Å². The van der Waals surface area contributed by atoms with Crippen molar-refractivity contribution < 1.29 is 14.7 Å². The predicted octanol–water partition coefficient (Wildman–Crippen LogP) is 0.829. The molecule has 0 saturated carbocycles. The van der Waals surface area contributed by atoms with E-state index in [-0.39, 0.29) is 36.8 Å². The Morgan fingerprint density at radius 3 is 2.93 bits per heavy atom. The number of aromatic nitrogens is 2. The van der Waals surface area contributed by atoms with Gasteiger partial charge in [-0.25, -0.2) is 14.8 Å². The van der Waals surface area contributed by atoms with Gasteiger partial charge in [-0.15, -0.1) is 0 Å². The number of hydrogen-bond donors (Lipinski definition) is 3. The molecule has 0 aliphatic carbocycles. The van der Waals surface area contributed by atoms with Gasteiger partial charge in [0, 0.05) is 25.8 Å². The average molecular weight is 368 g/mol. The maximum atomic E-state index is 13.0. The second-order valence-corrected chi connectivity index (χ2v) is 6.42. The average Bonchev–Trinajstić information content (AvgIpc) is 3.11. The van der Waals surface area contributed by atoms with E-state index in [1.807, 2.05) is 6.07 Å². The summed E-state index contributed by atoms with van der Waals surface area (Å²) in [5, 5.41) is 14.3. The van der Waals surface area contributed by atoms with Crippen molar-refractivity contribution in [1.82, 2.24) is 15.3 Å². The summed E-state index contributed by atoms with van der Waals surface area (Å²) in [6.07, 6.45) is 2.44. The van der Waals surface area contributed by atoms with Gasteiger partial charge < -0.3 is 15.3 Å². The second-order valence-electron chi connectivity index (χ2n) is 6.42. The number of carbonyl (C=O) groups excluding carboxylic acids is 2. The first-order valence-corrected chi connectivity index (χ1v) is 8.83. The highest BCUT2D eigenvalue weighted by Gasteiger charge is 2.40. The van der Waals surface area contributed by atoms with Crippen molar-refractivity contribution in [3.63, 3.8) is 0 Å². The fraction of sp³-hybridized carbons (Fsp3) is 0.333. The number of fused-ring (bicyclic) bond motifs is 4. The zero-order valence-electron chi connectivity index (χ0n) is 14.6. The summed E-state index contributed by atoms with van der Waals surface area (Å²) in [7, 11) is 0. The van der Waals surface area contributed by atoms with Crippen LogP contribution in [0, 0.1) is 0 Å². The molecule has 2 aromatic rings. The second kappa shape index (κ2) is 7.20. The van der Waals surface area contributed by atoms with E-state index in [1.54, 1.807) is 35.4 Å². The third-order valence-corrected chi connectivity index (χ3v) is 4.70. The van der Waals surface area contributed by atoms with Crippen LogP contribution < -0.4 is 20.4 Å². The fourth-order valence-corrected chi connectivity index (χ4v) is 3.46. The molecular weight excluding hydrogens is 348 g/mol. The summed E-state index contributed by atoms with van der Waals surface area (Å²) in [6, 6.07) is 8.42. The Balaban J connectivity index is 1.65. The van der Waals surface area contributed by atoms with Crippen LogP contribution in [0.25, 0.3) is 0 Å². The number of rotatable bonds is 4. The zero-order chi connectivity index (χ0) is 18.8. The number of amides is 3. The molecule has 0 unspecified atom stereocenters. The molecule has 0 aromatic carbocycles. The van der Waals surface area contributed by atoms with Gasteiger partial charge in [0.15, 0.2) is 5.82 Å². The van der Waals surface area contributed by atoms with Gasteiger partial charge in [0.1, 0.15) is 11.5 Å². The first-order chi connectivity index (χ1) is 13.2. The number of aliphatic hydroxyl groups excluding tert-OH is 1. The third kappa shape index (κ3) is 3.28. The molecule has 0 radical (unpaired) electrons. The van der Waals surface area contributed by atoms with Crippen molar-refractivity contribution in [2.45, 2.75) is 12.5 Å². The molecule has 2 aliphatic rings. The van der Waals surface area contributed by atoms with E-state index in [4.69, 9.17) is 5.11 Å². The van der Waals surface area contributed by atoms with Gasteiger partial charge in [-0.2, -0.15) is 0 Å². The van der Waals surface area contributed by atoms with E-state index in [0.717, 1.165) is 25.2 Å². The molecule has 2 aromatic heterocycles. The Morgan fingerprint density at radius 2 is 2.15 bits per heavy atom. The van der Waals surface area contributed by atoms with Gasteiger partial charge >= 0.3 is 6.03 Å². The Bertz CT molecular complexity index is 859. The van der Waals surface area contributed by atoms with Gasteiger partial charge in [-0.3, -0.25) is 15.0 Å². The predicted molar refractivity (Wildman–Crippen MR) is 100 cm³/mol. The molecular formula is C18H20N6O3. The Kier molecular flexibility index (Phi) is 4.59. The largest absolute Gasteiger partial charge is 0.395 e. The molecule has 1 atom stereocenters. The highest BCUT2D eigenvalue weighted by Crippen LogP contribution is 2.39. The molecule has 1 saturated heterocycles. The molecule has 2 aliphatic heterocycles.